The van der Waals surface area contributed by atoms with Crippen LogP contribution in [0.5, 0.6) is 0 Å². The molecule has 0 aromatic carbocycles. The third kappa shape index (κ3) is 14.8. The first-order valence-electron chi connectivity index (χ1n) is 19.1. The van der Waals surface area contributed by atoms with E-state index in [1.165, 1.54) is 128 Å². The van der Waals surface area contributed by atoms with Gasteiger partial charge in [-0.1, -0.05) is 135 Å². The molecule has 0 saturated heterocycles. The Bertz CT molecular complexity index is 733. The van der Waals surface area contributed by atoms with E-state index in [0.717, 1.165) is 54.8 Å². The minimum atomic E-state index is -0.389. The van der Waals surface area contributed by atoms with Crippen molar-refractivity contribution in [2.45, 2.75) is 174 Å². The highest BCUT2D eigenvalue weighted by Gasteiger charge is 2.50. The number of hydrogen-bond donors (Lipinski definition) is 1. The molecule has 4 heteroatoms. The molecule has 0 aromatic heterocycles. The van der Waals surface area contributed by atoms with Gasteiger partial charge in [0.25, 0.3) is 0 Å². The van der Waals surface area contributed by atoms with Gasteiger partial charge in [0.1, 0.15) is 12.7 Å². The number of carbonyl (C=O) groups is 1. The number of ether oxygens (including phenoxy) is 2. The van der Waals surface area contributed by atoms with Crippen molar-refractivity contribution in [3.05, 3.63) is 12.2 Å². The molecular weight excluding hydrogens is 532 g/mol. The van der Waals surface area contributed by atoms with Gasteiger partial charge < -0.3 is 14.6 Å². The van der Waals surface area contributed by atoms with Gasteiger partial charge in [0, 0.05) is 13.0 Å². The van der Waals surface area contributed by atoms with Crippen LogP contribution >= 0.6 is 0 Å². The lowest BCUT2D eigenvalue weighted by molar-refractivity contribution is -0.149. The van der Waals surface area contributed by atoms with E-state index in [9.17, 15) is 9.90 Å². The first kappa shape index (κ1) is 36.6. The maximum atomic E-state index is 12.1. The van der Waals surface area contributed by atoms with Crippen molar-refractivity contribution in [1.82, 2.24) is 0 Å². The predicted molar refractivity (Wildman–Crippen MR) is 180 cm³/mol. The molecule has 4 nitrogen and oxygen atoms in total. The molecule has 0 aromatic rings. The summed E-state index contributed by atoms with van der Waals surface area (Å²) in [6.07, 6.45) is 35.5. The molecule has 2 fully saturated rings. The van der Waals surface area contributed by atoms with Crippen LogP contribution in [0.2, 0.25) is 0 Å². The van der Waals surface area contributed by atoms with Crippen LogP contribution in [0, 0.1) is 35.5 Å². The predicted octanol–water partition coefficient (Wildman–Crippen LogP) is 10.6. The number of esters is 1. The van der Waals surface area contributed by atoms with Gasteiger partial charge in [0.05, 0.1) is 6.61 Å². The second-order valence-corrected chi connectivity index (χ2v) is 15.0. The summed E-state index contributed by atoms with van der Waals surface area (Å²) in [5.74, 6) is 5.76. The third-order valence-corrected chi connectivity index (χ3v) is 11.0. The van der Waals surface area contributed by atoms with Crippen LogP contribution in [-0.2, 0) is 14.3 Å². The van der Waals surface area contributed by atoms with Crippen LogP contribution in [0.25, 0.3) is 0 Å². The Kier molecular flexibility index (Phi) is 19.2. The highest BCUT2D eigenvalue weighted by Crippen LogP contribution is 2.58. The zero-order chi connectivity index (χ0) is 30.5. The first-order chi connectivity index (χ1) is 21.1. The van der Waals surface area contributed by atoms with Gasteiger partial charge in [-0.25, -0.2) is 0 Å². The Morgan fingerprint density at radius 1 is 0.767 bits per heavy atom. The average molecular weight is 603 g/mol. The van der Waals surface area contributed by atoms with Gasteiger partial charge in [-0.05, 0) is 74.0 Å². The molecule has 6 atom stereocenters. The summed E-state index contributed by atoms with van der Waals surface area (Å²) in [6, 6.07) is 0. The minimum Gasteiger partial charge on any atom is -0.463 e. The smallest absolute Gasteiger partial charge is 0.305 e. The Morgan fingerprint density at radius 2 is 1.40 bits per heavy atom. The summed E-state index contributed by atoms with van der Waals surface area (Å²) in [7, 11) is 0. The van der Waals surface area contributed by atoms with Crippen LogP contribution in [0.15, 0.2) is 12.2 Å². The normalized spacial score (nSPS) is 25.3. The number of fused-ring (bicyclic) bond motifs is 4. The molecule has 0 radical (unpaired) electrons. The van der Waals surface area contributed by atoms with Gasteiger partial charge in [0.15, 0.2) is 0 Å². The van der Waals surface area contributed by atoms with Crippen molar-refractivity contribution in [2.75, 3.05) is 19.8 Å². The fourth-order valence-electron chi connectivity index (χ4n) is 8.38. The zero-order valence-electron chi connectivity index (χ0n) is 28.5. The topological polar surface area (TPSA) is 55.8 Å². The molecule has 3 rings (SSSR count). The van der Waals surface area contributed by atoms with E-state index in [0.29, 0.717) is 13.0 Å². The number of allylic oxidation sites excluding steroid dienone is 2. The van der Waals surface area contributed by atoms with E-state index in [1.54, 1.807) is 0 Å². The molecule has 0 spiro atoms. The molecule has 3 aliphatic rings. The van der Waals surface area contributed by atoms with Crippen LogP contribution in [0.3, 0.4) is 0 Å². The van der Waals surface area contributed by atoms with E-state index in [2.05, 4.69) is 26.0 Å². The molecular formula is C39H70O4. The van der Waals surface area contributed by atoms with E-state index in [1.807, 2.05) is 0 Å². The molecule has 3 aliphatic carbocycles. The van der Waals surface area contributed by atoms with Crippen molar-refractivity contribution in [3.8, 4) is 0 Å². The van der Waals surface area contributed by atoms with Crippen molar-refractivity contribution in [1.29, 1.82) is 0 Å². The van der Waals surface area contributed by atoms with Crippen LogP contribution < -0.4 is 0 Å². The maximum absolute atomic E-state index is 12.1. The fraction of sp³-hybridized carbons (Fsp3) is 0.923. The van der Waals surface area contributed by atoms with E-state index >= 15 is 0 Å². The molecule has 0 heterocycles. The summed E-state index contributed by atoms with van der Waals surface area (Å²) >= 11 is 0. The lowest BCUT2D eigenvalue weighted by Gasteiger charge is -2.57. The number of aliphatic hydroxyl groups excluding tert-OH is 1. The molecule has 2 saturated carbocycles. The summed E-state index contributed by atoms with van der Waals surface area (Å²) in [4.78, 5) is 12.1. The highest BCUT2D eigenvalue weighted by molar-refractivity contribution is 5.69. The Hall–Kier alpha value is -0.870. The summed E-state index contributed by atoms with van der Waals surface area (Å²) in [6.45, 7) is 5.35. The Labute approximate surface area is 266 Å². The van der Waals surface area contributed by atoms with Crippen molar-refractivity contribution >= 4 is 5.97 Å². The lowest BCUT2D eigenvalue weighted by atomic mass is 9.48. The second-order valence-electron chi connectivity index (χ2n) is 15.0. The van der Waals surface area contributed by atoms with Crippen molar-refractivity contribution < 1.29 is 19.4 Å². The summed E-state index contributed by atoms with van der Waals surface area (Å²) in [5, 5.41) is 9.62. The number of aliphatic hydroxyl groups is 1. The standard InChI is InChI=1S/C39H70O4/c1-32(2)21-15-11-7-5-3-4-6-8-13-17-25-39(41)43-31-34(30-40)42-28-20-14-10-9-12-16-22-33-26-27-37-35-23-18-19-24-36(35)38(37)29-33/h18,23,32-38,40H,3-17,19-22,24-31H2,1-2H3/t33?,34-,35?,36?,37?,38?/m0/s1. The van der Waals surface area contributed by atoms with Crippen LogP contribution in [-0.4, -0.2) is 37.0 Å². The SMILES string of the molecule is CC(C)CCCCCCCCCCCCC(=O)OC[C@H](CO)OCCCCCCCCC1CCC2C3C=CCCC3C2C1. The van der Waals surface area contributed by atoms with Gasteiger partial charge in [-0.15, -0.1) is 0 Å². The number of rotatable bonds is 26. The van der Waals surface area contributed by atoms with E-state index in [-0.39, 0.29) is 25.3 Å². The van der Waals surface area contributed by atoms with E-state index < -0.39 is 0 Å². The van der Waals surface area contributed by atoms with Gasteiger partial charge >= 0.3 is 5.97 Å². The maximum Gasteiger partial charge on any atom is 0.305 e. The van der Waals surface area contributed by atoms with Gasteiger partial charge in [0.2, 0.25) is 0 Å². The molecule has 0 bridgehead atoms. The molecule has 1 N–H and O–H groups in total. The van der Waals surface area contributed by atoms with Crippen molar-refractivity contribution in [2.24, 2.45) is 35.5 Å². The van der Waals surface area contributed by atoms with Gasteiger partial charge in [-0.2, -0.15) is 0 Å². The van der Waals surface area contributed by atoms with Crippen LogP contribution in [0.4, 0.5) is 0 Å². The highest BCUT2D eigenvalue weighted by atomic mass is 16.6. The first-order valence-corrected chi connectivity index (χ1v) is 19.1. The number of carbonyl (C=O) groups excluding carboxylic acids is 1. The largest absolute Gasteiger partial charge is 0.463 e. The third-order valence-electron chi connectivity index (χ3n) is 11.0. The molecule has 43 heavy (non-hydrogen) atoms. The number of unbranched alkanes of at least 4 members (excludes halogenated alkanes) is 14. The zero-order valence-corrected chi connectivity index (χ0v) is 28.5. The molecule has 0 aliphatic heterocycles. The molecule has 5 unspecified atom stereocenters. The molecule has 0 amide bonds. The van der Waals surface area contributed by atoms with E-state index in [4.69, 9.17) is 9.47 Å². The summed E-state index contributed by atoms with van der Waals surface area (Å²) in [5.41, 5.74) is 0. The monoisotopic (exact) mass is 603 g/mol. The molecule has 250 valence electrons. The second kappa shape index (κ2) is 22.6. The Morgan fingerprint density at radius 3 is 2.09 bits per heavy atom. The Balaban J connectivity index is 1.04. The average Bonchev–Trinajstić information content (AvgIpc) is 3.00. The number of hydrogen-bond acceptors (Lipinski definition) is 4. The van der Waals surface area contributed by atoms with Crippen molar-refractivity contribution in [3.63, 3.8) is 0 Å². The lowest BCUT2D eigenvalue weighted by Crippen LogP contribution is -2.49. The fourth-order valence-corrected chi connectivity index (χ4v) is 8.38. The summed E-state index contributed by atoms with van der Waals surface area (Å²) < 4.78 is 11.2. The van der Waals surface area contributed by atoms with Crippen LogP contribution in [0.1, 0.15) is 168 Å². The minimum absolute atomic E-state index is 0.0914. The van der Waals surface area contributed by atoms with Gasteiger partial charge in [-0.3, -0.25) is 4.79 Å². The quantitative estimate of drug-likeness (QED) is 0.0608.